The molecule has 3 aromatic rings. The topological polar surface area (TPSA) is 89.3 Å². The van der Waals surface area contributed by atoms with Crippen molar-refractivity contribution in [3.8, 4) is 0 Å². The molecule has 0 bridgehead atoms. The fraction of sp³-hybridized carbons (Fsp3) is 0.316. The van der Waals surface area contributed by atoms with Crippen LogP contribution in [0.15, 0.2) is 42.9 Å². The van der Waals surface area contributed by atoms with Crippen LogP contribution in [0.4, 0.5) is 0 Å². The second kappa shape index (κ2) is 7.64. The van der Waals surface area contributed by atoms with E-state index < -0.39 is 6.10 Å². The van der Waals surface area contributed by atoms with Crippen molar-refractivity contribution in [2.75, 3.05) is 13.2 Å². The fourth-order valence-electron chi connectivity index (χ4n) is 3.25. The Bertz CT molecular complexity index is 957. The van der Waals surface area contributed by atoms with E-state index in [1.165, 1.54) is 0 Å². The van der Waals surface area contributed by atoms with Crippen LogP contribution in [0.1, 0.15) is 22.3 Å². The van der Waals surface area contributed by atoms with Crippen LogP contribution in [0, 0.1) is 0 Å². The van der Waals surface area contributed by atoms with E-state index in [2.05, 4.69) is 15.3 Å². The lowest BCUT2D eigenvalue weighted by molar-refractivity contribution is -0.0260. The van der Waals surface area contributed by atoms with Crippen molar-refractivity contribution in [1.82, 2.24) is 19.9 Å². The van der Waals surface area contributed by atoms with E-state index in [1.54, 1.807) is 24.7 Å². The zero-order chi connectivity index (χ0) is 18.8. The van der Waals surface area contributed by atoms with Gasteiger partial charge in [0.15, 0.2) is 0 Å². The van der Waals surface area contributed by atoms with E-state index in [1.807, 2.05) is 22.8 Å². The molecule has 0 radical (unpaired) electrons. The minimum Gasteiger partial charge on any atom is -0.389 e. The van der Waals surface area contributed by atoms with Gasteiger partial charge in [-0.3, -0.25) is 9.78 Å². The lowest BCUT2D eigenvalue weighted by atomic mass is 10.1. The first-order valence-corrected chi connectivity index (χ1v) is 9.10. The van der Waals surface area contributed by atoms with Crippen LogP contribution in [0.3, 0.4) is 0 Å². The molecule has 4 rings (SSSR count). The highest BCUT2D eigenvalue weighted by Gasteiger charge is 2.27. The molecule has 1 saturated heterocycles. The van der Waals surface area contributed by atoms with Crippen LogP contribution in [-0.2, 0) is 11.3 Å². The monoisotopic (exact) mass is 386 g/mol. The quantitative estimate of drug-likeness (QED) is 0.669. The zero-order valence-corrected chi connectivity index (χ0v) is 15.3. The molecule has 1 amide bonds. The Morgan fingerprint density at radius 3 is 3.04 bits per heavy atom. The summed E-state index contributed by atoms with van der Waals surface area (Å²) in [5.41, 5.74) is 2.92. The van der Waals surface area contributed by atoms with Gasteiger partial charge in [-0.25, -0.2) is 4.98 Å². The molecule has 0 saturated carbocycles. The molecule has 3 aromatic heterocycles. The van der Waals surface area contributed by atoms with Crippen molar-refractivity contribution < 1.29 is 14.6 Å². The first-order valence-electron chi connectivity index (χ1n) is 8.73. The predicted octanol–water partition coefficient (Wildman–Crippen LogP) is 2.01. The molecule has 4 heterocycles. The van der Waals surface area contributed by atoms with Crippen molar-refractivity contribution in [1.29, 1.82) is 0 Å². The third-order valence-corrected chi connectivity index (χ3v) is 4.89. The molecule has 8 heteroatoms. The molecule has 1 aliphatic heterocycles. The Morgan fingerprint density at radius 1 is 1.37 bits per heavy atom. The number of fused-ring (bicyclic) bond motifs is 1. The first kappa shape index (κ1) is 17.9. The zero-order valence-electron chi connectivity index (χ0n) is 14.5. The molecular weight excluding hydrogens is 368 g/mol. The number of halogens is 1. The second-order valence-corrected chi connectivity index (χ2v) is 6.93. The van der Waals surface area contributed by atoms with Gasteiger partial charge in [0.2, 0.25) is 0 Å². The van der Waals surface area contributed by atoms with Gasteiger partial charge in [-0.2, -0.15) is 0 Å². The Labute approximate surface area is 160 Å². The van der Waals surface area contributed by atoms with Crippen molar-refractivity contribution in [3.63, 3.8) is 0 Å². The molecular formula is C19H19ClN4O3. The number of rotatable bonds is 4. The van der Waals surface area contributed by atoms with Gasteiger partial charge in [0, 0.05) is 31.7 Å². The standard InChI is InChI=1S/C19H19ClN4O3/c20-17-4-3-12(8-22-17)9-24-10-13(18-15(24)2-1-6-21-18)19(26)23-14-5-7-27-11-16(14)25/h1-4,6,8,10,14,16,25H,5,7,9,11H2,(H,23,26)/t14-,16-/m0/s1. The largest absolute Gasteiger partial charge is 0.389 e. The third kappa shape index (κ3) is 3.80. The van der Waals surface area contributed by atoms with Crippen LogP contribution in [0.25, 0.3) is 11.0 Å². The molecule has 0 aromatic carbocycles. The van der Waals surface area contributed by atoms with Crippen LogP contribution in [0.2, 0.25) is 5.15 Å². The maximum absolute atomic E-state index is 12.8. The summed E-state index contributed by atoms with van der Waals surface area (Å²) in [6.45, 7) is 1.29. The molecule has 2 N–H and O–H groups in total. The molecule has 2 atom stereocenters. The number of hydrogen-bond donors (Lipinski definition) is 2. The van der Waals surface area contributed by atoms with Crippen LogP contribution >= 0.6 is 11.6 Å². The van der Waals surface area contributed by atoms with Crippen molar-refractivity contribution >= 4 is 28.5 Å². The molecule has 0 spiro atoms. The molecule has 0 aliphatic carbocycles. The number of hydrogen-bond acceptors (Lipinski definition) is 5. The van der Waals surface area contributed by atoms with Gasteiger partial charge in [-0.15, -0.1) is 0 Å². The molecule has 0 unspecified atom stereocenters. The number of nitrogens with zero attached hydrogens (tertiary/aromatic N) is 3. The van der Waals surface area contributed by atoms with E-state index in [-0.39, 0.29) is 18.6 Å². The van der Waals surface area contributed by atoms with E-state index in [9.17, 15) is 9.90 Å². The van der Waals surface area contributed by atoms with E-state index >= 15 is 0 Å². The second-order valence-electron chi connectivity index (χ2n) is 6.54. The summed E-state index contributed by atoms with van der Waals surface area (Å²) < 4.78 is 7.18. The van der Waals surface area contributed by atoms with Crippen molar-refractivity contribution in [2.24, 2.45) is 0 Å². The minimum atomic E-state index is -0.704. The van der Waals surface area contributed by atoms with Gasteiger partial charge in [-0.05, 0) is 30.2 Å². The maximum atomic E-state index is 12.8. The lowest BCUT2D eigenvalue weighted by Crippen LogP contribution is -2.48. The summed E-state index contributed by atoms with van der Waals surface area (Å²) in [6, 6.07) is 7.07. The van der Waals surface area contributed by atoms with Gasteiger partial charge in [0.1, 0.15) is 10.7 Å². The first-order chi connectivity index (χ1) is 13.1. The Kier molecular flexibility index (Phi) is 5.07. The summed E-state index contributed by atoms with van der Waals surface area (Å²) in [4.78, 5) is 21.3. The number of aliphatic hydroxyl groups is 1. The fourth-order valence-corrected chi connectivity index (χ4v) is 3.37. The predicted molar refractivity (Wildman–Crippen MR) is 101 cm³/mol. The van der Waals surface area contributed by atoms with Crippen LogP contribution < -0.4 is 5.32 Å². The van der Waals surface area contributed by atoms with Crippen LogP contribution in [-0.4, -0.2) is 50.9 Å². The maximum Gasteiger partial charge on any atom is 0.255 e. The molecule has 27 heavy (non-hydrogen) atoms. The number of nitrogens with one attached hydrogen (secondary N) is 1. The van der Waals surface area contributed by atoms with Gasteiger partial charge in [0.05, 0.1) is 29.8 Å². The van der Waals surface area contributed by atoms with Gasteiger partial charge in [-0.1, -0.05) is 17.7 Å². The number of ether oxygens (including phenoxy) is 1. The van der Waals surface area contributed by atoms with Crippen molar-refractivity contribution in [2.45, 2.75) is 25.1 Å². The van der Waals surface area contributed by atoms with E-state index in [0.29, 0.717) is 35.8 Å². The number of carbonyl (C=O) groups excluding carboxylic acids is 1. The van der Waals surface area contributed by atoms with E-state index in [0.717, 1.165) is 11.1 Å². The number of aliphatic hydroxyl groups excluding tert-OH is 1. The Balaban J connectivity index is 1.63. The number of pyridine rings is 2. The summed E-state index contributed by atoms with van der Waals surface area (Å²) in [5, 5.41) is 13.4. The minimum absolute atomic E-state index is 0.231. The summed E-state index contributed by atoms with van der Waals surface area (Å²) in [6.07, 6.45) is 5.03. The third-order valence-electron chi connectivity index (χ3n) is 4.66. The highest BCUT2D eigenvalue weighted by molar-refractivity contribution is 6.29. The normalized spacial score (nSPS) is 19.9. The smallest absolute Gasteiger partial charge is 0.255 e. The highest BCUT2D eigenvalue weighted by atomic mass is 35.5. The Morgan fingerprint density at radius 2 is 2.26 bits per heavy atom. The summed E-state index contributed by atoms with van der Waals surface area (Å²) in [5.74, 6) is -0.252. The van der Waals surface area contributed by atoms with Gasteiger partial charge < -0.3 is 19.7 Å². The average Bonchev–Trinajstić information content (AvgIpc) is 3.04. The number of amides is 1. The molecule has 1 fully saturated rings. The van der Waals surface area contributed by atoms with Crippen LogP contribution in [0.5, 0.6) is 0 Å². The summed E-state index contributed by atoms with van der Waals surface area (Å²) in [7, 11) is 0. The van der Waals surface area contributed by atoms with Crippen molar-refractivity contribution in [3.05, 3.63) is 59.1 Å². The highest BCUT2D eigenvalue weighted by Crippen LogP contribution is 2.21. The SMILES string of the molecule is O=C(N[C@H]1CCOC[C@@H]1O)c1cn(Cc2ccc(Cl)nc2)c2cccnc12. The number of carbonyl (C=O) groups is 1. The lowest BCUT2D eigenvalue weighted by Gasteiger charge is -2.28. The average molecular weight is 387 g/mol. The van der Waals surface area contributed by atoms with Gasteiger partial charge >= 0.3 is 0 Å². The molecule has 7 nitrogen and oxygen atoms in total. The van der Waals surface area contributed by atoms with E-state index in [4.69, 9.17) is 16.3 Å². The molecule has 1 aliphatic rings. The van der Waals surface area contributed by atoms with Gasteiger partial charge in [0.25, 0.3) is 5.91 Å². The number of aromatic nitrogens is 3. The Hall–Kier alpha value is -2.48. The summed E-state index contributed by atoms with van der Waals surface area (Å²) >= 11 is 5.85. The molecule has 140 valence electrons.